The zero-order chi connectivity index (χ0) is 47.0. The summed E-state index contributed by atoms with van der Waals surface area (Å²) >= 11 is 0. The molecule has 0 radical (unpaired) electrons. The third kappa shape index (κ3) is 44.5. The second kappa shape index (κ2) is 45.4. The van der Waals surface area contributed by atoms with Gasteiger partial charge in [-0.2, -0.15) is 0 Å². The van der Waals surface area contributed by atoms with Crippen LogP contribution in [0.4, 0.5) is 0 Å². The van der Waals surface area contributed by atoms with Crippen LogP contribution in [0.3, 0.4) is 0 Å². The molecule has 0 heterocycles. The fraction of sp³-hybridized carbons (Fsp3) is 0.558. The second-order valence-electron chi connectivity index (χ2n) is 15.2. The molecule has 0 fully saturated rings. The van der Waals surface area contributed by atoms with Crippen LogP contribution in [0.1, 0.15) is 155 Å². The minimum Gasteiger partial charge on any atom is -0.480 e. The first-order valence-corrected chi connectivity index (χ1v) is 25.1. The predicted octanol–water partition coefficient (Wildman–Crippen LogP) is 12.8. The van der Waals surface area contributed by atoms with Gasteiger partial charge >= 0.3 is 19.8 Å². The first kappa shape index (κ1) is 59.9. The standard InChI is InChI=1S/C52H82NO10P/c1-3-5-7-9-11-13-15-17-19-21-23-24-26-27-29-31-33-35-37-39-41-43-50(55)53-49(52(57)58)47-63-64(59,60)62-46-48(54)45-61-51(56)44-42-40-38-36-34-32-30-28-25-22-20-18-16-14-12-10-8-6-4-2/h5,7,11-14,17-20,23-25,27-29,33,35,39,41,48-49,54H,3-4,6,8-10,15-16,21-22,26,30-32,34,36-38,40,42-47H2,1-2H3,(H,53,55)(H,57,58)(H,59,60)/b7-5-,13-11-,14-12-,19-17-,20-18-,24-23-,28-25-,29-27-,35-33-,41-39-. The van der Waals surface area contributed by atoms with E-state index in [0.29, 0.717) is 12.8 Å². The van der Waals surface area contributed by atoms with Gasteiger partial charge in [-0.1, -0.05) is 174 Å². The van der Waals surface area contributed by atoms with Crippen molar-refractivity contribution in [3.8, 4) is 0 Å². The molecule has 0 saturated carbocycles. The van der Waals surface area contributed by atoms with Crippen LogP contribution in [0.15, 0.2) is 122 Å². The Morgan fingerprint density at radius 3 is 1.41 bits per heavy atom. The van der Waals surface area contributed by atoms with Gasteiger partial charge in [0.1, 0.15) is 12.7 Å². The van der Waals surface area contributed by atoms with Gasteiger partial charge in [0, 0.05) is 12.8 Å². The lowest BCUT2D eigenvalue weighted by atomic mass is 10.1. The number of carboxylic acid groups (broad SMARTS) is 1. The normalized spacial score (nSPS) is 14.7. The van der Waals surface area contributed by atoms with Gasteiger partial charge in [0.25, 0.3) is 0 Å². The van der Waals surface area contributed by atoms with Crippen molar-refractivity contribution in [3.05, 3.63) is 122 Å². The number of rotatable bonds is 42. The average molecular weight is 912 g/mol. The average Bonchev–Trinajstić information content (AvgIpc) is 3.27. The monoisotopic (exact) mass is 912 g/mol. The van der Waals surface area contributed by atoms with Crippen LogP contribution >= 0.6 is 7.82 Å². The molecule has 0 rings (SSSR count). The quantitative estimate of drug-likeness (QED) is 0.0200. The van der Waals surface area contributed by atoms with Crippen molar-refractivity contribution in [1.82, 2.24) is 5.32 Å². The number of phosphoric acid groups is 1. The number of carbonyl (C=O) groups is 3. The Labute approximate surface area is 386 Å². The number of aliphatic carboxylic acids is 1. The Kier molecular flexibility index (Phi) is 42.5. The molecule has 0 aliphatic rings. The maximum absolute atomic E-state index is 12.3. The van der Waals surface area contributed by atoms with E-state index in [1.54, 1.807) is 12.2 Å². The number of hydrogen-bond donors (Lipinski definition) is 4. The molecule has 64 heavy (non-hydrogen) atoms. The van der Waals surface area contributed by atoms with E-state index < -0.39 is 57.6 Å². The summed E-state index contributed by atoms with van der Waals surface area (Å²) in [7, 11) is -4.80. The van der Waals surface area contributed by atoms with Crippen molar-refractivity contribution in [2.45, 2.75) is 167 Å². The molecule has 0 aromatic carbocycles. The van der Waals surface area contributed by atoms with Crippen LogP contribution in [-0.2, 0) is 32.7 Å². The van der Waals surface area contributed by atoms with Crippen LogP contribution in [0, 0.1) is 0 Å². The van der Waals surface area contributed by atoms with E-state index in [4.69, 9.17) is 13.8 Å². The number of allylic oxidation sites excluding steroid dienone is 19. The molecule has 0 bridgehead atoms. The number of hydrogen-bond acceptors (Lipinski definition) is 8. The molecule has 0 spiro atoms. The van der Waals surface area contributed by atoms with Crippen LogP contribution < -0.4 is 5.32 Å². The van der Waals surface area contributed by atoms with Gasteiger partial charge in [0.15, 0.2) is 6.04 Å². The van der Waals surface area contributed by atoms with Crippen molar-refractivity contribution in [3.63, 3.8) is 0 Å². The summed E-state index contributed by atoms with van der Waals surface area (Å²) in [5.74, 6) is -2.58. The van der Waals surface area contributed by atoms with Gasteiger partial charge in [0.2, 0.25) is 5.91 Å². The molecule has 0 saturated heterocycles. The molecule has 12 heteroatoms. The van der Waals surface area contributed by atoms with Crippen LogP contribution in [-0.4, -0.2) is 64.9 Å². The highest BCUT2D eigenvalue weighted by atomic mass is 31.2. The number of aliphatic hydroxyl groups excluding tert-OH is 1. The van der Waals surface area contributed by atoms with Crippen LogP contribution in [0.5, 0.6) is 0 Å². The smallest absolute Gasteiger partial charge is 0.472 e. The molecular weight excluding hydrogens is 830 g/mol. The molecule has 3 atom stereocenters. The zero-order valence-electron chi connectivity index (χ0n) is 39.0. The third-order valence-corrected chi connectivity index (χ3v) is 10.2. The summed E-state index contributed by atoms with van der Waals surface area (Å²) < 4.78 is 26.8. The molecular formula is C52H82NO10P. The first-order valence-electron chi connectivity index (χ1n) is 23.6. The molecule has 0 aromatic heterocycles. The topological polar surface area (TPSA) is 169 Å². The highest BCUT2D eigenvalue weighted by molar-refractivity contribution is 7.47. The Morgan fingerprint density at radius 2 is 0.938 bits per heavy atom. The fourth-order valence-corrected chi connectivity index (χ4v) is 6.41. The molecule has 3 unspecified atom stereocenters. The van der Waals surface area contributed by atoms with E-state index in [1.807, 2.05) is 12.2 Å². The number of carboxylic acids is 1. The Hall–Kier alpha value is -4.12. The first-order chi connectivity index (χ1) is 31.1. The van der Waals surface area contributed by atoms with Gasteiger partial charge < -0.3 is 25.2 Å². The summed E-state index contributed by atoms with van der Waals surface area (Å²) in [5, 5.41) is 21.8. The van der Waals surface area contributed by atoms with Crippen molar-refractivity contribution in [1.29, 1.82) is 0 Å². The van der Waals surface area contributed by atoms with Gasteiger partial charge in [-0.25, -0.2) is 9.36 Å². The highest BCUT2D eigenvalue weighted by Crippen LogP contribution is 2.43. The summed E-state index contributed by atoms with van der Waals surface area (Å²) in [6, 6.07) is -1.61. The molecule has 360 valence electrons. The fourth-order valence-electron chi connectivity index (χ4n) is 5.64. The number of unbranched alkanes of at least 4 members (excludes halogenated alkanes) is 9. The van der Waals surface area contributed by atoms with E-state index in [2.05, 4.69) is 116 Å². The summed E-state index contributed by atoms with van der Waals surface area (Å²) in [4.78, 5) is 46.0. The number of nitrogens with one attached hydrogen (secondary N) is 1. The lowest BCUT2D eigenvalue weighted by Crippen LogP contribution is -2.43. The van der Waals surface area contributed by atoms with Crippen molar-refractivity contribution >= 4 is 25.7 Å². The van der Waals surface area contributed by atoms with Crippen LogP contribution in [0.2, 0.25) is 0 Å². The van der Waals surface area contributed by atoms with E-state index in [9.17, 15) is 34.1 Å². The number of phosphoric ester groups is 1. The summed E-state index contributed by atoms with van der Waals surface area (Å²) in [6.07, 6.45) is 61.0. The minimum absolute atomic E-state index is 0.0979. The SMILES string of the molecule is CC/C=C\C/C=C\C/C=C\C/C=C\C/C=C\C/C=C\C/C=C\CC(=O)NC(COP(=O)(O)OCC(O)COC(=O)CCCCCCCC/C=C\C/C=C\C/C=C\CCCCC)C(=O)O. The predicted molar refractivity (Wildman–Crippen MR) is 263 cm³/mol. The second-order valence-corrected chi connectivity index (χ2v) is 16.7. The number of amides is 1. The number of ether oxygens (including phenoxy) is 1. The van der Waals surface area contributed by atoms with E-state index >= 15 is 0 Å². The van der Waals surface area contributed by atoms with Crippen LogP contribution in [0.25, 0.3) is 0 Å². The zero-order valence-corrected chi connectivity index (χ0v) is 39.9. The van der Waals surface area contributed by atoms with Gasteiger partial charge in [-0.15, -0.1) is 0 Å². The minimum atomic E-state index is -4.80. The summed E-state index contributed by atoms with van der Waals surface area (Å²) in [5.41, 5.74) is 0. The maximum Gasteiger partial charge on any atom is 0.472 e. The molecule has 1 amide bonds. The highest BCUT2D eigenvalue weighted by Gasteiger charge is 2.28. The lowest BCUT2D eigenvalue weighted by Gasteiger charge is -2.18. The van der Waals surface area contributed by atoms with Crippen molar-refractivity contribution in [2.24, 2.45) is 0 Å². The number of carbonyl (C=O) groups excluding carboxylic acids is 2. The number of esters is 1. The lowest BCUT2D eigenvalue weighted by molar-refractivity contribution is -0.147. The molecule has 11 nitrogen and oxygen atoms in total. The largest absolute Gasteiger partial charge is 0.480 e. The third-order valence-electron chi connectivity index (χ3n) is 9.26. The van der Waals surface area contributed by atoms with E-state index in [0.717, 1.165) is 89.9 Å². The Bertz CT molecular complexity index is 1540. The molecule has 0 aromatic rings. The van der Waals surface area contributed by atoms with Gasteiger partial charge in [-0.3, -0.25) is 18.6 Å². The molecule has 4 N–H and O–H groups in total. The van der Waals surface area contributed by atoms with E-state index in [-0.39, 0.29) is 12.8 Å². The van der Waals surface area contributed by atoms with Gasteiger partial charge in [0.05, 0.1) is 13.2 Å². The molecule has 0 aliphatic carbocycles. The molecule has 0 aliphatic heterocycles. The Balaban J connectivity index is 4.05. The van der Waals surface area contributed by atoms with Gasteiger partial charge in [-0.05, 0) is 89.9 Å². The van der Waals surface area contributed by atoms with Crippen molar-refractivity contribution < 1.29 is 47.8 Å². The maximum atomic E-state index is 12.3. The Morgan fingerprint density at radius 1 is 0.531 bits per heavy atom. The van der Waals surface area contributed by atoms with Crippen molar-refractivity contribution in [2.75, 3.05) is 19.8 Å². The number of aliphatic hydroxyl groups is 1. The summed E-state index contributed by atoms with van der Waals surface area (Å²) in [6.45, 7) is 2.36. The van der Waals surface area contributed by atoms with E-state index in [1.165, 1.54) is 25.7 Å².